The van der Waals surface area contributed by atoms with E-state index in [1.165, 1.54) is 11.0 Å². The molecule has 4 rings (SSSR count). The first-order valence-electron chi connectivity index (χ1n) is 12.8. The lowest BCUT2D eigenvalue weighted by Crippen LogP contribution is -2.54. The standard InChI is InChI=1S/C29H32ClN3O6S/c1-20(2)31-29(35)25(15-21-9-5-4-6-10-21)32(17-22-11-7-8-12-24(22)30)28(34)18-33(40(3,36)37)23-13-14-26-27(16-23)39-19-38-26/h4-14,16,20,25H,15,17-19H2,1-3H3,(H,31,35). The third-order valence-electron chi connectivity index (χ3n) is 6.32. The molecule has 0 fully saturated rings. The van der Waals surface area contributed by atoms with E-state index in [9.17, 15) is 18.0 Å². The Bertz CT molecular complexity index is 1470. The van der Waals surface area contributed by atoms with Gasteiger partial charge in [-0.3, -0.25) is 13.9 Å². The quantitative estimate of drug-likeness (QED) is 0.365. The molecule has 3 aromatic carbocycles. The number of benzene rings is 3. The van der Waals surface area contributed by atoms with Crippen LogP contribution in [-0.4, -0.2) is 56.8 Å². The Labute approximate surface area is 239 Å². The maximum atomic E-state index is 14.1. The predicted molar refractivity (Wildman–Crippen MR) is 154 cm³/mol. The normalized spacial score (nSPS) is 13.1. The number of hydrogen-bond acceptors (Lipinski definition) is 6. The first kappa shape index (κ1) is 29.2. The number of carbonyl (C=O) groups excluding carboxylic acids is 2. The lowest BCUT2D eigenvalue weighted by Gasteiger charge is -2.34. The van der Waals surface area contributed by atoms with Crippen molar-refractivity contribution in [3.63, 3.8) is 0 Å². The zero-order chi connectivity index (χ0) is 28.9. The summed E-state index contributed by atoms with van der Waals surface area (Å²) in [6.45, 7) is 3.16. The van der Waals surface area contributed by atoms with E-state index in [1.807, 2.05) is 44.2 Å². The van der Waals surface area contributed by atoms with E-state index >= 15 is 0 Å². The van der Waals surface area contributed by atoms with Crippen LogP contribution in [0.2, 0.25) is 5.02 Å². The molecule has 40 heavy (non-hydrogen) atoms. The molecule has 9 nitrogen and oxygen atoms in total. The average Bonchev–Trinajstić information content (AvgIpc) is 3.37. The molecule has 3 aromatic rings. The van der Waals surface area contributed by atoms with Gasteiger partial charge in [-0.05, 0) is 43.2 Å². The first-order chi connectivity index (χ1) is 19.0. The highest BCUT2D eigenvalue weighted by Crippen LogP contribution is 2.36. The van der Waals surface area contributed by atoms with Crippen molar-refractivity contribution in [3.8, 4) is 11.5 Å². The number of anilines is 1. The largest absolute Gasteiger partial charge is 0.454 e. The van der Waals surface area contributed by atoms with E-state index < -0.39 is 28.5 Å². The van der Waals surface area contributed by atoms with Crippen LogP contribution < -0.4 is 19.1 Å². The highest BCUT2D eigenvalue weighted by Gasteiger charge is 2.34. The van der Waals surface area contributed by atoms with Crippen molar-refractivity contribution in [1.82, 2.24) is 10.2 Å². The van der Waals surface area contributed by atoms with Crippen LogP contribution in [0.15, 0.2) is 72.8 Å². The molecule has 0 saturated carbocycles. The second-order valence-electron chi connectivity index (χ2n) is 9.79. The van der Waals surface area contributed by atoms with Crippen molar-refractivity contribution in [2.75, 3.05) is 23.9 Å². The van der Waals surface area contributed by atoms with E-state index in [0.29, 0.717) is 22.1 Å². The molecule has 1 heterocycles. The Morgan fingerprint density at radius 3 is 2.33 bits per heavy atom. The van der Waals surface area contributed by atoms with Gasteiger partial charge in [-0.2, -0.15) is 0 Å². The Balaban J connectivity index is 1.74. The van der Waals surface area contributed by atoms with Gasteiger partial charge < -0.3 is 19.7 Å². The number of sulfonamides is 1. The summed E-state index contributed by atoms with van der Waals surface area (Å²) in [5.41, 5.74) is 1.71. The number of halogens is 1. The van der Waals surface area contributed by atoms with Gasteiger partial charge in [0.05, 0.1) is 11.9 Å². The van der Waals surface area contributed by atoms with E-state index in [0.717, 1.165) is 16.1 Å². The van der Waals surface area contributed by atoms with Crippen molar-refractivity contribution in [2.45, 2.75) is 38.9 Å². The zero-order valence-corrected chi connectivity index (χ0v) is 24.1. The van der Waals surface area contributed by atoms with Crippen LogP contribution in [0, 0.1) is 0 Å². The van der Waals surface area contributed by atoms with Crippen molar-refractivity contribution in [2.24, 2.45) is 0 Å². The molecule has 1 aliphatic rings. The fraction of sp³-hybridized carbons (Fsp3) is 0.310. The Hall–Kier alpha value is -3.76. The van der Waals surface area contributed by atoms with E-state index in [2.05, 4.69) is 5.32 Å². The fourth-order valence-electron chi connectivity index (χ4n) is 4.40. The summed E-state index contributed by atoms with van der Waals surface area (Å²) in [5.74, 6) is -0.0574. The first-order valence-corrected chi connectivity index (χ1v) is 15.0. The number of fused-ring (bicyclic) bond motifs is 1. The van der Waals surface area contributed by atoms with E-state index in [1.54, 1.807) is 36.4 Å². The number of rotatable bonds is 11. The molecule has 1 atom stereocenters. The molecule has 212 valence electrons. The summed E-state index contributed by atoms with van der Waals surface area (Å²) in [6.07, 6.45) is 1.24. The van der Waals surface area contributed by atoms with Gasteiger partial charge in [-0.15, -0.1) is 0 Å². The van der Waals surface area contributed by atoms with Crippen LogP contribution in [0.1, 0.15) is 25.0 Å². The highest BCUT2D eigenvalue weighted by molar-refractivity contribution is 7.92. The van der Waals surface area contributed by atoms with E-state index in [-0.39, 0.29) is 37.4 Å². The fourth-order valence-corrected chi connectivity index (χ4v) is 5.44. The molecule has 0 aliphatic carbocycles. The number of nitrogens with one attached hydrogen (secondary N) is 1. The Morgan fingerprint density at radius 1 is 0.975 bits per heavy atom. The molecule has 1 aliphatic heterocycles. The highest BCUT2D eigenvalue weighted by atomic mass is 35.5. The van der Waals surface area contributed by atoms with Crippen molar-refractivity contribution >= 4 is 39.1 Å². The monoisotopic (exact) mass is 585 g/mol. The molecule has 0 aromatic heterocycles. The predicted octanol–water partition coefficient (Wildman–Crippen LogP) is 4.00. The van der Waals surface area contributed by atoms with Gasteiger partial charge in [0, 0.05) is 30.1 Å². The summed E-state index contributed by atoms with van der Waals surface area (Å²) in [4.78, 5) is 29.0. The third-order valence-corrected chi connectivity index (χ3v) is 7.83. The van der Waals surface area contributed by atoms with Crippen LogP contribution in [0.3, 0.4) is 0 Å². The number of amides is 2. The zero-order valence-electron chi connectivity index (χ0n) is 22.5. The molecular weight excluding hydrogens is 554 g/mol. The van der Waals surface area contributed by atoms with Gasteiger partial charge in [0.25, 0.3) is 0 Å². The number of hydrogen-bond donors (Lipinski definition) is 1. The third kappa shape index (κ3) is 7.25. The molecule has 1 unspecified atom stereocenters. The van der Waals surface area contributed by atoms with E-state index in [4.69, 9.17) is 21.1 Å². The maximum Gasteiger partial charge on any atom is 0.244 e. The second kappa shape index (κ2) is 12.6. The van der Waals surface area contributed by atoms with Gasteiger partial charge in [0.2, 0.25) is 28.6 Å². The number of ether oxygens (including phenoxy) is 2. The molecule has 0 saturated heterocycles. The number of nitrogens with zero attached hydrogens (tertiary/aromatic N) is 2. The smallest absolute Gasteiger partial charge is 0.244 e. The summed E-state index contributed by atoms with van der Waals surface area (Å²) >= 11 is 6.46. The van der Waals surface area contributed by atoms with Gasteiger partial charge in [-0.25, -0.2) is 8.42 Å². The van der Waals surface area contributed by atoms with Crippen LogP contribution in [-0.2, 0) is 32.6 Å². The molecule has 0 spiro atoms. The summed E-state index contributed by atoms with van der Waals surface area (Å²) < 4.78 is 37.6. The minimum atomic E-state index is -3.91. The van der Waals surface area contributed by atoms with Gasteiger partial charge in [-0.1, -0.05) is 60.1 Å². The van der Waals surface area contributed by atoms with Crippen molar-refractivity contribution in [1.29, 1.82) is 0 Å². The summed E-state index contributed by atoms with van der Waals surface area (Å²) in [5, 5.41) is 3.34. The Kier molecular flexibility index (Phi) is 9.21. The van der Waals surface area contributed by atoms with Crippen molar-refractivity contribution in [3.05, 3.63) is 88.9 Å². The van der Waals surface area contributed by atoms with Crippen LogP contribution in [0.25, 0.3) is 0 Å². The molecule has 0 radical (unpaired) electrons. The minimum absolute atomic E-state index is 0.000261. The van der Waals surface area contributed by atoms with Crippen LogP contribution in [0.5, 0.6) is 11.5 Å². The van der Waals surface area contributed by atoms with Crippen molar-refractivity contribution < 1.29 is 27.5 Å². The molecule has 0 bridgehead atoms. The summed E-state index contributed by atoms with van der Waals surface area (Å²) in [7, 11) is -3.91. The lowest BCUT2D eigenvalue weighted by molar-refractivity contribution is -0.140. The van der Waals surface area contributed by atoms with Crippen LogP contribution in [0.4, 0.5) is 5.69 Å². The molecular formula is C29H32ClN3O6S. The number of carbonyl (C=O) groups is 2. The lowest BCUT2D eigenvalue weighted by atomic mass is 10.0. The van der Waals surface area contributed by atoms with Crippen LogP contribution >= 0.6 is 11.6 Å². The van der Waals surface area contributed by atoms with Gasteiger partial charge >= 0.3 is 0 Å². The van der Waals surface area contributed by atoms with Gasteiger partial charge in [0.1, 0.15) is 12.6 Å². The average molecular weight is 586 g/mol. The minimum Gasteiger partial charge on any atom is -0.454 e. The topological polar surface area (TPSA) is 105 Å². The maximum absolute atomic E-state index is 14.1. The molecule has 2 amide bonds. The molecule has 11 heteroatoms. The van der Waals surface area contributed by atoms with Gasteiger partial charge in [0.15, 0.2) is 11.5 Å². The summed E-state index contributed by atoms with van der Waals surface area (Å²) in [6, 6.07) is 19.9. The SMILES string of the molecule is CC(C)NC(=O)C(Cc1ccccc1)N(Cc1ccccc1Cl)C(=O)CN(c1ccc2c(c1)OCO2)S(C)(=O)=O. The molecule has 1 N–H and O–H groups in total. The second-order valence-corrected chi connectivity index (χ2v) is 12.1. The Morgan fingerprint density at radius 2 is 1.65 bits per heavy atom.